The summed E-state index contributed by atoms with van der Waals surface area (Å²) in [5.74, 6) is -2.49. The Balaban J connectivity index is 2.15. The Bertz CT molecular complexity index is 684. The predicted molar refractivity (Wildman–Crippen MR) is 88.9 cm³/mol. The molecule has 7 heteroatoms. The van der Waals surface area contributed by atoms with Crippen LogP contribution in [0.1, 0.15) is 19.8 Å². The summed E-state index contributed by atoms with van der Waals surface area (Å²) in [7, 11) is 1.46. The Morgan fingerprint density at radius 2 is 1.79 bits per heavy atom. The van der Waals surface area contributed by atoms with Gasteiger partial charge in [-0.25, -0.2) is 0 Å². The molecular formula is C17H20N2O5. The molecule has 1 aromatic rings. The number of carbonyl (C=O) groups is 3. The van der Waals surface area contributed by atoms with Crippen LogP contribution in [0.4, 0.5) is 11.4 Å². The van der Waals surface area contributed by atoms with E-state index in [1.54, 1.807) is 24.3 Å². The summed E-state index contributed by atoms with van der Waals surface area (Å²) in [6, 6.07) is 4.82. The summed E-state index contributed by atoms with van der Waals surface area (Å²) < 4.78 is 5.20. The zero-order chi connectivity index (χ0) is 17.7. The van der Waals surface area contributed by atoms with Gasteiger partial charge in [0.05, 0.1) is 24.6 Å². The van der Waals surface area contributed by atoms with E-state index >= 15 is 0 Å². The van der Waals surface area contributed by atoms with E-state index in [-0.39, 0.29) is 11.8 Å². The zero-order valence-electron chi connectivity index (χ0n) is 13.5. The lowest BCUT2D eigenvalue weighted by molar-refractivity contribution is -0.146. The number of anilines is 2. The number of rotatable bonds is 5. The Morgan fingerprint density at radius 1 is 1.12 bits per heavy atom. The van der Waals surface area contributed by atoms with Crippen molar-refractivity contribution < 1.29 is 24.2 Å². The fourth-order valence-electron chi connectivity index (χ4n) is 2.67. The van der Waals surface area contributed by atoms with Crippen molar-refractivity contribution in [2.24, 2.45) is 11.8 Å². The molecule has 2 atom stereocenters. The number of carboxylic acids is 1. The SMILES string of the molecule is COc1cc(NC(=O)[C@H]2CC=CC[C@@H]2C(=O)O)ccc1NC(C)=O. The summed E-state index contributed by atoms with van der Waals surface area (Å²) in [4.78, 5) is 34.9. The van der Waals surface area contributed by atoms with Crippen molar-refractivity contribution in [1.82, 2.24) is 0 Å². The topological polar surface area (TPSA) is 105 Å². The first kappa shape index (κ1) is 17.5. The van der Waals surface area contributed by atoms with Gasteiger partial charge >= 0.3 is 5.97 Å². The van der Waals surface area contributed by atoms with Gasteiger partial charge in [0.2, 0.25) is 11.8 Å². The number of carboxylic acid groups (broad SMARTS) is 1. The normalized spacial score (nSPS) is 19.4. The second-order valence-electron chi connectivity index (χ2n) is 5.58. The molecule has 1 aliphatic carbocycles. The lowest BCUT2D eigenvalue weighted by atomic mass is 9.82. The van der Waals surface area contributed by atoms with Crippen molar-refractivity contribution in [3.05, 3.63) is 30.4 Å². The zero-order valence-corrected chi connectivity index (χ0v) is 13.5. The van der Waals surface area contributed by atoms with Gasteiger partial charge in [0.1, 0.15) is 5.75 Å². The molecule has 128 valence electrons. The third kappa shape index (κ3) is 4.13. The largest absolute Gasteiger partial charge is 0.494 e. The first-order valence-corrected chi connectivity index (χ1v) is 7.56. The van der Waals surface area contributed by atoms with E-state index in [0.29, 0.717) is 30.0 Å². The number of hydrogen-bond donors (Lipinski definition) is 3. The number of hydrogen-bond acceptors (Lipinski definition) is 4. The molecule has 0 saturated heterocycles. The molecular weight excluding hydrogens is 312 g/mol. The van der Waals surface area contributed by atoms with Gasteiger partial charge < -0.3 is 20.5 Å². The summed E-state index contributed by atoms with van der Waals surface area (Å²) in [6.07, 6.45) is 4.35. The van der Waals surface area contributed by atoms with Gasteiger partial charge in [-0.3, -0.25) is 14.4 Å². The number of ether oxygens (including phenoxy) is 1. The Kier molecular flexibility index (Phi) is 5.57. The highest BCUT2D eigenvalue weighted by Gasteiger charge is 2.34. The highest BCUT2D eigenvalue weighted by atomic mass is 16.5. The maximum Gasteiger partial charge on any atom is 0.307 e. The van der Waals surface area contributed by atoms with E-state index in [1.807, 2.05) is 6.08 Å². The number of methoxy groups -OCH3 is 1. The van der Waals surface area contributed by atoms with Gasteiger partial charge in [-0.15, -0.1) is 0 Å². The van der Waals surface area contributed by atoms with Crippen LogP contribution in [0.3, 0.4) is 0 Å². The number of benzene rings is 1. The summed E-state index contributed by atoms with van der Waals surface area (Å²) in [5, 5.41) is 14.6. The van der Waals surface area contributed by atoms with Gasteiger partial charge in [-0.2, -0.15) is 0 Å². The number of nitrogens with one attached hydrogen (secondary N) is 2. The molecule has 1 aromatic carbocycles. The summed E-state index contributed by atoms with van der Waals surface area (Å²) in [5.41, 5.74) is 0.969. The molecule has 0 aromatic heterocycles. The highest BCUT2D eigenvalue weighted by Crippen LogP contribution is 2.30. The van der Waals surface area contributed by atoms with Crippen molar-refractivity contribution >= 4 is 29.2 Å². The molecule has 2 amide bonds. The number of amides is 2. The van der Waals surface area contributed by atoms with E-state index in [2.05, 4.69) is 10.6 Å². The van der Waals surface area contributed by atoms with Crippen LogP contribution in [-0.2, 0) is 14.4 Å². The van der Waals surface area contributed by atoms with Gasteiger partial charge in [-0.1, -0.05) is 12.2 Å². The van der Waals surface area contributed by atoms with E-state index < -0.39 is 17.8 Å². The Morgan fingerprint density at radius 3 is 2.38 bits per heavy atom. The average molecular weight is 332 g/mol. The molecule has 0 heterocycles. The molecule has 3 N–H and O–H groups in total. The van der Waals surface area contributed by atoms with Crippen molar-refractivity contribution in [3.8, 4) is 5.75 Å². The van der Waals surface area contributed by atoms with E-state index in [0.717, 1.165) is 0 Å². The van der Waals surface area contributed by atoms with Gasteiger partial charge in [0, 0.05) is 18.7 Å². The van der Waals surface area contributed by atoms with Crippen molar-refractivity contribution in [3.63, 3.8) is 0 Å². The fraction of sp³-hybridized carbons (Fsp3) is 0.353. The van der Waals surface area contributed by atoms with Crippen LogP contribution in [0.25, 0.3) is 0 Å². The highest BCUT2D eigenvalue weighted by molar-refractivity contribution is 5.96. The fourth-order valence-corrected chi connectivity index (χ4v) is 2.67. The van der Waals surface area contributed by atoms with Gasteiger partial charge in [0.25, 0.3) is 0 Å². The first-order chi connectivity index (χ1) is 11.4. The maximum atomic E-state index is 12.4. The minimum Gasteiger partial charge on any atom is -0.494 e. The minimum atomic E-state index is -0.974. The molecule has 0 unspecified atom stereocenters. The maximum absolute atomic E-state index is 12.4. The molecule has 0 radical (unpaired) electrons. The Hall–Kier alpha value is -2.83. The van der Waals surface area contributed by atoms with Crippen LogP contribution in [0, 0.1) is 11.8 Å². The van der Waals surface area contributed by atoms with Crippen molar-refractivity contribution in [2.45, 2.75) is 19.8 Å². The third-order valence-electron chi connectivity index (χ3n) is 3.87. The number of aliphatic carboxylic acids is 1. The van der Waals surface area contributed by atoms with Crippen LogP contribution < -0.4 is 15.4 Å². The predicted octanol–water partition coefficient (Wildman–Crippen LogP) is 2.26. The van der Waals surface area contributed by atoms with E-state index in [4.69, 9.17) is 4.74 Å². The summed E-state index contributed by atoms with van der Waals surface area (Å²) in [6.45, 7) is 1.39. The molecule has 0 aliphatic heterocycles. The van der Waals surface area contributed by atoms with Gasteiger partial charge in [-0.05, 0) is 25.0 Å². The number of carbonyl (C=O) groups excluding carboxylic acids is 2. The minimum absolute atomic E-state index is 0.233. The monoisotopic (exact) mass is 332 g/mol. The molecule has 24 heavy (non-hydrogen) atoms. The van der Waals surface area contributed by atoms with Gasteiger partial charge in [0.15, 0.2) is 0 Å². The molecule has 1 aliphatic rings. The molecule has 0 saturated carbocycles. The number of allylic oxidation sites excluding steroid dienone is 2. The molecule has 2 rings (SSSR count). The second kappa shape index (κ2) is 7.63. The lowest BCUT2D eigenvalue weighted by Gasteiger charge is -2.24. The standard InChI is InChI=1S/C17H20N2O5/c1-10(20)18-14-8-7-11(9-15(14)24-2)19-16(21)12-5-3-4-6-13(12)17(22)23/h3-4,7-9,12-13H,5-6H2,1-2H3,(H,18,20)(H,19,21)(H,22,23)/t12-,13-/m0/s1. The molecule has 0 fully saturated rings. The second-order valence-corrected chi connectivity index (χ2v) is 5.58. The third-order valence-corrected chi connectivity index (χ3v) is 3.87. The Labute approximate surface area is 139 Å². The molecule has 0 bridgehead atoms. The lowest BCUT2D eigenvalue weighted by Crippen LogP contribution is -2.34. The van der Waals surface area contributed by atoms with Crippen LogP contribution in [0.5, 0.6) is 5.75 Å². The van der Waals surface area contributed by atoms with Crippen LogP contribution in [0.2, 0.25) is 0 Å². The van der Waals surface area contributed by atoms with E-state index in [9.17, 15) is 19.5 Å². The quantitative estimate of drug-likeness (QED) is 0.717. The van der Waals surface area contributed by atoms with Crippen molar-refractivity contribution in [2.75, 3.05) is 17.7 Å². The van der Waals surface area contributed by atoms with Crippen molar-refractivity contribution in [1.29, 1.82) is 0 Å². The first-order valence-electron chi connectivity index (χ1n) is 7.56. The molecule has 0 spiro atoms. The smallest absolute Gasteiger partial charge is 0.307 e. The van der Waals surface area contributed by atoms with Crippen LogP contribution in [-0.4, -0.2) is 30.0 Å². The summed E-state index contributed by atoms with van der Waals surface area (Å²) >= 11 is 0. The van der Waals surface area contributed by atoms with Crippen LogP contribution >= 0.6 is 0 Å². The van der Waals surface area contributed by atoms with Crippen LogP contribution in [0.15, 0.2) is 30.4 Å². The van der Waals surface area contributed by atoms with E-state index in [1.165, 1.54) is 14.0 Å². The average Bonchev–Trinajstić information content (AvgIpc) is 2.55. The molecule has 7 nitrogen and oxygen atoms in total.